The summed E-state index contributed by atoms with van der Waals surface area (Å²) in [4.78, 5) is 29.4. The quantitative estimate of drug-likeness (QED) is 0.884. The van der Waals surface area contributed by atoms with Crippen molar-refractivity contribution in [3.8, 4) is 0 Å². The van der Waals surface area contributed by atoms with E-state index in [0.717, 1.165) is 17.7 Å². The molecule has 142 valence electrons. The molecule has 6 heteroatoms. The molecular formula is C21H26N4O2. The van der Waals surface area contributed by atoms with Gasteiger partial charge in [0.15, 0.2) is 0 Å². The second-order valence-corrected chi connectivity index (χ2v) is 7.55. The topological polar surface area (TPSA) is 69.3 Å². The Morgan fingerprint density at radius 2 is 2.04 bits per heavy atom. The third-order valence-electron chi connectivity index (χ3n) is 5.58. The molecule has 1 aromatic heterocycles. The lowest BCUT2D eigenvalue weighted by Gasteiger charge is -2.31. The number of aromatic nitrogens is 2. The minimum atomic E-state index is -0.0778. The summed E-state index contributed by atoms with van der Waals surface area (Å²) in [6.45, 7) is 3.67. The summed E-state index contributed by atoms with van der Waals surface area (Å²) in [5.74, 6) is 0.571. The van der Waals surface area contributed by atoms with Crippen molar-refractivity contribution in [1.29, 1.82) is 0 Å². The van der Waals surface area contributed by atoms with E-state index >= 15 is 0 Å². The molecule has 1 saturated heterocycles. The van der Waals surface area contributed by atoms with Gasteiger partial charge in [-0.25, -0.2) is 0 Å². The lowest BCUT2D eigenvalue weighted by molar-refractivity contribution is -0.133. The Labute approximate surface area is 159 Å². The number of aromatic amines is 1. The van der Waals surface area contributed by atoms with Gasteiger partial charge in [-0.1, -0.05) is 37.3 Å². The van der Waals surface area contributed by atoms with Gasteiger partial charge in [-0.3, -0.25) is 14.7 Å². The highest BCUT2D eigenvalue weighted by Gasteiger charge is 2.32. The lowest BCUT2D eigenvalue weighted by atomic mass is 10.1. The van der Waals surface area contributed by atoms with Crippen LogP contribution in [0.25, 0.3) is 0 Å². The number of hydrogen-bond acceptors (Lipinski definition) is 3. The second kappa shape index (κ2) is 7.55. The van der Waals surface area contributed by atoms with Crippen molar-refractivity contribution in [3.63, 3.8) is 0 Å². The molecule has 1 N–H and O–H groups in total. The molecule has 1 saturated carbocycles. The van der Waals surface area contributed by atoms with Gasteiger partial charge in [0.25, 0.3) is 5.91 Å². The van der Waals surface area contributed by atoms with Crippen LogP contribution >= 0.6 is 0 Å². The van der Waals surface area contributed by atoms with Crippen LogP contribution in [0.5, 0.6) is 0 Å². The number of benzene rings is 1. The largest absolute Gasteiger partial charge is 0.335 e. The van der Waals surface area contributed by atoms with Crippen molar-refractivity contribution in [3.05, 3.63) is 53.3 Å². The minimum absolute atomic E-state index is 0.0194. The summed E-state index contributed by atoms with van der Waals surface area (Å²) in [7, 11) is 0. The molecule has 2 fully saturated rings. The number of nitrogens with one attached hydrogen (secondary N) is 1. The lowest BCUT2D eigenvalue weighted by Crippen LogP contribution is -2.43. The van der Waals surface area contributed by atoms with Gasteiger partial charge in [0.05, 0.1) is 0 Å². The van der Waals surface area contributed by atoms with Crippen molar-refractivity contribution < 1.29 is 9.59 Å². The monoisotopic (exact) mass is 366 g/mol. The molecule has 2 amide bonds. The number of carbonyl (C=O) groups is 2. The van der Waals surface area contributed by atoms with Gasteiger partial charge in [-0.05, 0) is 30.9 Å². The highest BCUT2D eigenvalue weighted by molar-refractivity contribution is 5.93. The first-order valence-electron chi connectivity index (χ1n) is 9.83. The van der Waals surface area contributed by atoms with Crippen LogP contribution in [-0.4, -0.2) is 50.9 Å². The van der Waals surface area contributed by atoms with Gasteiger partial charge in [0.1, 0.15) is 5.69 Å². The maximum Gasteiger partial charge on any atom is 0.274 e. The number of hydrogen-bond donors (Lipinski definition) is 1. The van der Waals surface area contributed by atoms with E-state index < -0.39 is 0 Å². The van der Waals surface area contributed by atoms with Crippen molar-refractivity contribution in [1.82, 2.24) is 20.0 Å². The molecule has 6 nitrogen and oxygen atoms in total. The number of nitrogens with zero attached hydrogens (tertiary/aromatic N) is 3. The summed E-state index contributed by atoms with van der Waals surface area (Å²) in [6.07, 6.45) is 3.51. The highest BCUT2D eigenvalue weighted by atomic mass is 16.2. The summed E-state index contributed by atoms with van der Waals surface area (Å²) in [5.41, 5.74) is 2.64. The first-order valence-corrected chi connectivity index (χ1v) is 9.83. The fourth-order valence-electron chi connectivity index (χ4n) is 3.77. The predicted octanol–water partition coefficient (Wildman–Crippen LogP) is 2.94. The van der Waals surface area contributed by atoms with Crippen LogP contribution in [0.2, 0.25) is 0 Å². The van der Waals surface area contributed by atoms with Crippen LogP contribution in [0.3, 0.4) is 0 Å². The van der Waals surface area contributed by atoms with E-state index in [4.69, 9.17) is 0 Å². The smallest absolute Gasteiger partial charge is 0.274 e. The van der Waals surface area contributed by atoms with Gasteiger partial charge in [0.2, 0.25) is 5.91 Å². The standard InChI is InChI=1S/C21H26N4O2/c1-2-17-14-24(21(27)19-12-18(22-23-19)16-8-9-16)11-10-20(26)25(17)13-15-6-4-3-5-7-15/h3-7,12,16-17H,2,8-11,13-14H2,1H3,(H,22,23)/t17-/m1/s1. The van der Waals surface area contributed by atoms with E-state index in [0.29, 0.717) is 37.7 Å². The summed E-state index contributed by atoms with van der Waals surface area (Å²) < 4.78 is 0. The number of carbonyl (C=O) groups excluding carboxylic acids is 2. The molecule has 4 rings (SSSR count). The van der Waals surface area contributed by atoms with E-state index in [9.17, 15) is 9.59 Å². The third-order valence-corrected chi connectivity index (χ3v) is 5.58. The van der Waals surface area contributed by atoms with E-state index in [1.807, 2.05) is 41.3 Å². The van der Waals surface area contributed by atoms with Gasteiger partial charge in [-0.15, -0.1) is 0 Å². The minimum Gasteiger partial charge on any atom is -0.335 e. The average molecular weight is 366 g/mol. The van der Waals surface area contributed by atoms with Crippen molar-refractivity contribution in [2.45, 2.75) is 51.1 Å². The molecule has 1 atom stereocenters. The van der Waals surface area contributed by atoms with Gasteiger partial charge in [0, 0.05) is 43.7 Å². The van der Waals surface area contributed by atoms with Gasteiger partial charge >= 0.3 is 0 Å². The zero-order valence-electron chi connectivity index (χ0n) is 15.7. The Bertz CT molecular complexity index is 813. The Balaban J connectivity index is 1.49. The summed E-state index contributed by atoms with van der Waals surface area (Å²) in [6, 6.07) is 11.9. The van der Waals surface area contributed by atoms with Crippen LogP contribution in [0.15, 0.2) is 36.4 Å². The Morgan fingerprint density at radius 3 is 2.74 bits per heavy atom. The molecule has 0 bridgehead atoms. The van der Waals surface area contributed by atoms with E-state index in [1.54, 1.807) is 4.90 Å². The Kier molecular flexibility index (Phi) is 4.97. The van der Waals surface area contributed by atoms with Crippen molar-refractivity contribution in [2.75, 3.05) is 13.1 Å². The van der Waals surface area contributed by atoms with Crippen molar-refractivity contribution >= 4 is 11.8 Å². The first-order chi connectivity index (χ1) is 13.2. The fourth-order valence-corrected chi connectivity index (χ4v) is 3.77. The number of rotatable bonds is 5. The van der Waals surface area contributed by atoms with E-state index in [-0.39, 0.29) is 17.9 Å². The molecule has 27 heavy (non-hydrogen) atoms. The van der Waals surface area contributed by atoms with E-state index in [2.05, 4.69) is 17.1 Å². The van der Waals surface area contributed by atoms with Crippen LogP contribution in [0.4, 0.5) is 0 Å². The maximum atomic E-state index is 13.0. The normalized spacial score (nSPS) is 20.6. The molecule has 1 aliphatic carbocycles. The molecule has 0 unspecified atom stereocenters. The average Bonchev–Trinajstić information content (AvgIpc) is 3.45. The molecule has 0 radical (unpaired) electrons. The zero-order valence-corrected chi connectivity index (χ0v) is 15.7. The summed E-state index contributed by atoms with van der Waals surface area (Å²) in [5, 5.41) is 7.23. The molecule has 2 aliphatic rings. The zero-order chi connectivity index (χ0) is 18.8. The van der Waals surface area contributed by atoms with Crippen molar-refractivity contribution in [2.24, 2.45) is 0 Å². The first kappa shape index (κ1) is 17.8. The molecule has 2 heterocycles. The van der Waals surface area contributed by atoms with Crippen LogP contribution < -0.4 is 0 Å². The maximum absolute atomic E-state index is 13.0. The summed E-state index contributed by atoms with van der Waals surface area (Å²) >= 11 is 0. The van der Waals surface area contributed by atoms with Crippen LogP contribution in [0.1, 0.15) is 60.3 Å². The number of amides is 2. The van der Waals surface area contributed by atoms with E-state index in [1.165, 1.54) is 12.8 Å². The Morgan fingerprint density at radius 1 is 1.26 bits per heavy atom. The Hall–Kier alpha value is -2.63. The molecular weight excluding hydrogens is 340 g/mol. The predicted molar refractivity (Wildman–Crippen MR) is 102 cm³/mol. The SMILES string of the molecule is CC[C@@H]1CN(C(=O)c2cc(C3CC3)[nH]n2)CCC(=O)N1Cc1ccccc1. The molecule has 2 aromatic rings. The highest BCUT2D eigenvalue weighted by Crippen LogP contribution is 2.39. The second-order valence-electron chi connectivity index (χ2n) is 7.55. The molecule has 0 spiro atoms. The third kappa shape index (κ3) is 3.89. The fraction of sp³-hybridized carbons (Fsp3) is 0.476. The van der Waals surface area contributed by atoms with Crippen LogP contribution in [-0.2, 0) is 11.3 Å². The van der Waals surface area contributed by atoms with Gasteiger partial charge < -0.3 is 9.80 Å². The molecule has 1 aliphatic heterocycles. The number of H-pyrrole nitrogens is 1. The molecule has 1 aromatic carbocycles. The van der Waals surface area contributed by atoms with Crippen LogP contribution in [0, 0.1) is 0 Å². The van der Waals surface area contributed by atoms with Gasteiger partial charge in [-0.2, -0.15) is 5.10 Å².